The molecule has 0 aromatic heterocycles. The van der Waals surface area contributed by atoms with E-state index in [1.807, 2.05) is 18.2 Å². The molecule has 2 N–H and O–H groups in total. The molecule has 1 aromatic rings. The lowest BCUT2D eigenvalue weighted by molar-refractivity contribution is 0.138. The second-order valence-corrected chi connectivity index (χ2v) is 6.57. The molecule has 0 unspecified atom stereocenters. The number of ether oxygens (including phenoxy) is 3. The minimum absolute atomic E-state index is 0.311. The van der Waals surface area contributed by atoms with Gasteiger partial charge in [-0.3, -0.25) is 4.99 Å². The second-order valence-electron chi connectivity index (χ2n) is 6.57. The standard InChI is InChI=1S/C19H31N3O3/c1-20-18(21-14-19(11-12-23-2)9-5-6-10-19)22-15-7-8-16(24-3)17(13-15)25-4/h7-8,13H,5-6,9-12,14H2,1-4H3,(H2,20,21,22). The fourth-order valence-corrected chi connectivity index (χ4v) is 3.46. The first-order valence-electron chi connectivity index (χ1n) is 8.85. The lowest BCUT2D eigenvalue weighted by Crippen LogP contribution is -2.40. The number of hydrogen-bond donors (Lipinski definition) is 2. The summed E-state index contributed by atoms with van der Waals surface area (Å²) in [6.45, 7) is 1.71. The first-order valence-corrected chi connectivity index (χ1v) is 8.85. The Balaban J connectivity index is 1.98. The highest BCUT2D eigenvalue weighted by atomic mass is 16.5. The average molecular weight is 349 g/mol. The summed E-state index contributed by atoms with van der Waals surface area (Å²) in [5.41, 5.74) is 1.22. The Morgan fingerprint density at radius 3 is 2.44 bits per heavy atom. The van der Waals surface area contributed by atoms with Crippen LogP contribution in [0.1, 0.15) is 32.1 Å². The van der Waals surface area contributed by atoms with Gasteiger partial charge >= 0.3 is 0 Å². The van der Waals surface area contributed by atoms with Crippen LogP contribution in [0.3, 0.4) is 0 Å². The van der Waals surface area contributed by atoms with E-state index >= 15 is 0 Å². The molecule has 25 heavy (non-hydrogen) atoms. The molecule has 1 saturated carbocycles. The summed E-state index contributed by atoms with van der Waals surface area (Å²) in [4.78, 5) is 4.34. The van der Waals surface area contributed by atoms with Crippen molar-refractivity contribution in [3.05, 3.63) is 18.2 Å². The summed E-state index contributed by atoms with van der Waals surface area (Å²) in [5, 5.41) is 6.81. The van der Waals surface area contributed by atoms with Gasteiger partial charge in [0, 0.05) is 39.1 Å². The lowest BCUT2D eigenvalue weighted by Gasteiger charge is -2.30. The Labute approximate surface area is 151 Å². The molecule has 0 heterocycles. The average Bonchev–Trinajstić information content (AvgIpc) is 3.12. The molecule has 0 aliphatic heterocycles. The topological polar surface area (TPSA) is 64.1 Å². The van der Waals surface area contributed by atoms with Crippen molar-refractivity contribution in [3.63, 3.8) is 0 Å². The molecule has 0 amide bonds. The zero-order valence-electron chi connectivity index (χ0n) is 15.9. The van der Waals surface area contributed by atoms with E-state index in [1.54, 1.807) is 28.4 Å². The molecule has 1 aliphatic carbocycles. The van der Waals surface area contributed by atoms with Crippen molar-refractivity contribution in [1.82, 2.24) is 5.32 Å². The quantitative estimate of drug-likeness (QED) is 0.557. The van der Waals surface area contributed by atoms with Crippen molar-refractivity contribution in [3.8, 4) is 11.5 Å². The van der Waals surface area contributed by atoms with Gasteiger partial charge in [0.05, 0.1) is 14.2 Å². The molecule has 6 nitrogen and oxygen atoms in total. The molecule has 6 heteroatoms. The van der Waals surface area contributed by atoms with Crippen LogP contribution < -0.4 is 20.1 Å². The normalized spacial score (nSPS) is 16.6. The van der Waals surface area contributed by atoms with Crippen LogP contribution in [-0.2, 0) is 4.74 Å². The van der Waals surface area contributed by atoms with Gasteiger partial charge in [0.25, 0.3) is 0 Å². The van der Waals surface area contributed by atoms with Crippen LogP contribution >= 0.6 is 0 Å². The SMILES string of the molecule is CN=C(NCC1(CCOC)CCCC1)Nc1ccc(OC)c(OC)c1. The highest BCUT2D eigenvalue weighted by Crippen LogP contribution is 2.40. The molecular weight excluding hydrogens is 318 g/mol. The van der Waals surface area contributed by atoms with Crippen LogP contribution in [0.4, 0.5) is 5.69 Å². The summed E-state index contributed by atoms with van der Waals surface area (Å²) in [6, 6.07) is 5.73. The van der Waals surface area contributed by atoms with E-state index in [4.69, 9.17) is 14.2 Å². The van der Waals surface area contributed by atoms with Crippen LogP contribution in [0.5, 0.6) is 11.5 Å². The third-order valence-electron chi connectivity index (χ3n) is 5.00. The van der Waals surface area contributed by atoms with Gasteiger partial charge in [0.15, 0.2) is 17.5 Å². The van der Waals surface area contributed by atoms with Gasteiger partial charge in [-0.05, 0) is 36.8 Å². The van der Waals surface area contributed by atoms with E-state index in [0.717, 1.165) is 31.2 Å². The Bertz CT molecular complexity index is 569. The number of hydrogen-bond acceptors (Lipinski definition) is 4. The first-order chi connectivity index (χ1) is 12.2. The summed E-state index contributed by atoms with van der Waals surface area (Å²) in [5.74, 6) is 2.16. The van der Waals surface area contributed by atoms with Crippen molar-refractivity contribution >= 4 is 11.6 Å². The van der Waals surface area contributed by atoms with Gasteiger partial charge in [-0.1, -0.05) is 12.8 Å². The lowest BCUT2D eigenvalue weighted by atomic mass is 9.83. The summed E-state index contributed by atoms with van der Waals surface area (Å²) >= 11 is 0. The van der Waals surface area contributed by atoms with Crippen LogP contribution in [-0.4, -0.2) is 47.5 Å². The first kappa shape index (κ1) is 19.4. The molecule has 140 valence electrons. The number of nitrogens with zero attached hydrogens (tertiary/aromatic N) is 1. The highest BCUT2D eigenvalue weighted by molar-refractivity contribution is 5.93. The van der Waals surface area contributed by atoms with Crippen molar-refractivity contribution in [2.75, 3.05) is 46.8 Å². The second kappa shape index (κ2) is 9.51. The molecule has 1 aromatic carbocycles. The van der Waals surface area contributed by atoms with E-state index in [1.165, 1.54) is 25.7 Å². The van der Waals surface area contributed by atoms with Gasteiger partial charge < -0.3 is 24.8 Å². The Morgan fingerprint density at radius 2 is 1.84 bits per heavy atom. The molecule has 0 spiro atoms. The number of guanidine groups is 1. The number of aliphatic imine (C=N–C) groups is 1. The Kier molecular flexibility index (Phi) is 7.37. The van der Waals surface area contributed by atoms with Gasteiger partial charge in [0.2, 0.25) is 0 Å². The maximum absolute atomic E-state index is 5.35. The predicted octanol–water partition coefficient (Wildman–Crippen LogP) is 3.29. The molecular formula is C19H31N3O3. The monoisotopic (exact) mass is 349 g/mol. The number of benzene rings is 1. The molecule has 0 saturated heterocycles. The Hall–Kier alpha value is -1.95. The van der Waals surface area contributed by atoms with E-state index in [-0.39, 0.29) is 0 Å². The largest absolute Gasteiger partial charge is 0.493 e. The number of nitrogens with one attached hydrogen (secondary N) is 2. The van der Waals surface area contributed by atoms with Crippen LogP contribution in [0, 0.1) is 5.41 Å². The molecule has 0 bridgehead atoms. The number of rotatable bonds is 8. The number of methoxy groups -OCH3 is 3. The van der Waals surface area contributed by atoms with Gasteiger partial charge in [0.1, 0.15) is 0 Å². The van der Waals surface area contributed by atoms with Crippen LogP contribution in [0.25, 0.3) is 0 Å². The van der Waals surface area contributed by atoms with Crippen molar-refractivity contribution in [2.24, 2.45) is 10.4 Å². The Morgan fingerprint density at radius 1 is 1.12 bits per heavy atom. The predicted molar refractivity (Wildman–Crippen MR) is 102 cm³/mol. The third kappa shape index (κ3) is 5.26. The van der Waals surface area contributed by atoms with E-state index in [9.17, 15) is 0 Å². The maximum Gasteiger partial charge on any atom is 0.195 e. The van der Waals surface area contributed by atoms with Gasteiger partial charge in [-0.25, -0.2) is 0 Å². The van der Waals surface area contributed by atoms with Gasteiger partial charge in [-0.2, -0.15) is 0 Å². The zero-order valence-corrected chi connectivity index (χ0v) is 15.9. The summed E-state index contributed by atoms with van der Waals surface area (Å²) in [6.07, 6.45) is 6.18. The minimum atomic E-state index is 0.311. The summed E-state index contributed by atoms with van der Waals surface area (Å²) in [7, 11) is 6.82. The third-order valence-corrected chi connectivity index (χ3v) is 5.00. The van der Waals surface area contributed by atoms with Crippen molar-refractivity contribution in [1.29, 1.82) is 0 Å². The smallest absolute Gasteiger partial charge is 0.195 e. The molecule has 1 aliphatic rings. The van der Waals surface area contributed by atoms with Crippen molar-refractivity contribution in [2.45, 2.75) is 32.1 Å². The maximum atomic E-state index is 5.35. The van der Waals surface area contributed by atoms with Crippen LogP contribution in [0.15, 0.2) is 23.2 Å². The fourth-order valence-electron chi connectivity index (χ4n) is 3.46. The van der Waals surface area contributed by atoms with Crippen molar-refractivity contribution < 1.29 is 14.2 Å². The number of anilines is 1. The van der Waals surface area contributed by atoms with E-state index < -0.39 is 0 Å². The molecule has 1 fully saturated rings. The minimum Gasteiger partial charge on any atom is -0.493 e. The molecule has 0 atom stereocenters. The highest BCUT2D eigenvalue weighted by Gasteiger charge is 2.33. The van der Waals surface area contributed by atoms with Crippen LogP contribution in [0.2, 0.25) is 0 Å². The van der Waals surface area contributed by atoms with E-state index in [2.05, 4.69) is 15.6 Å². The fraction of sp³-hybridized carbons (Fsp3) is 0.632. The molecule has 2 rings (SSSR count). The molecule has 0 radical (unpaired) electrons. The van der Waals surface area contributed by atoms with Gasteiger partial charge in [-0.15, -0.1) is 0 Å². The summed E-state index contributed by atoms with van der Waals surface area (Å²) < 4.78 is 15.9. The zero-order chi connectivity index (χ0) is 18.1. The van der Waals surface area contributed by atoms with E-state index in [0.29, 0.717) is 16.9 Å².